The summed E-state index contributed by atoms with van der Waals surface area (Å²) >= 11 is 6.08. The quantitative estimate of drug-likeness (QED) is 0.785. The van der Waals surface area contributed by atoms with Crippen LogP contribution in [0.25, 0.3) is 5.69 Å². The third kappa shape index (κ3) is 2.47. The van der Waals surface area contributed by atoms with Gasteiger partial charge in [0.25, 0.3) is 0 Å². The number of halogens is 2. The van der Waals surface area contributed by atoms with Crippen LogP contribution < -0.4 is 0 Å². The van der Waals surface area contributed by atoms with Crippen molar-refractivity contribution in [3.8, 4) is 5.69 Å². The molecule has 0 aliphatic heterocycles. The smallest absolute Gasteiger partial charge is 0.123 e. The molecule has 0 radical (unpaired) electrons. The van der Waals surface area contributed by atoms with Crippen LogP contribution in [0.2, 0.25) is 0 Å². The number of benzene rings is 1. The van der Waals surface area contributed by atoms with Gasteiger partial charge in [-0.15, -0.1) is 16.7 Å². The Labute approximate surface area is 104 Å². The number of aryl methyl sites for hydroxylation is 1. The standard InChI is InChI=1S/C12H13ClFN3/c1-3-10(13)11-7-17(16-15-11)12-5-4-9(14)6-8(12)2/h4-7,10H,3H2,1-2H3. The van der Waals surface area contributed by atoms with Gasteiger partial charge in [-0.05, 0) is 37.1 Å². The summed E-state index contributed by atoms with van der Waals surface area (Å²) in [4.78, 5) is 0. The number of hydrogen-bond donors (Lipinski definition) is 0. The van der Waals surface area contributed by atoms with Crippen LogP contribution in [0.15, 0.2) is 24.4 Å². The van der Waals surface area contributed by atoms with Crippen molar-refractivity contribution in [3.63, 3.8) is 0 Å². The molecule has 1 atom stereocenters. The van der Waals surface area contributed by atoms with Gasteiger partial charge in [-0.2, -0.15) is 0 Å². The summed E-state index contributed by atoms with van der Waals surface area (Å²) in [6, 6.07) is 4.55. The third-order valence-electron chi connectivity index (χ3n) is 2.60. The number of aromatic nitrogens is 3. The highest BCUT2D eigenvalue weighted by molar-refractivity contribution is 6.20. The van der Waals surface area contributed by atoms with E-state index in [2.05, 4.69) is 10.3 Å². The van der Waals surface area contributed by atoms with Gasteiger partial charge in [-0.25, -0.2) is 9.07 Å². The van der Waals surface area contributed by atoms with Crippen LogP contribution in [-0.4, -0.2) is 15.0 Å². The molecule has 0 fully saturated rings. The highest BCUT2D eigenvalue weighted by Crippen LogP contribution is 2.22. The van der Waals surface area contributed by atoms with Gasteiger partial charge in [-0.1, -0.05) is 12.1 Å². The lowest BCUT2D eigenvalue weighted by molar-refractivity contribution is 0.625. The van der Waals surface area contributed by atoms with Gasteiger partial charge in [-0.3, -0.25) is 0 Å². The number of nitrogens with zero attached hydrogens (tertiary/aromatic N) is 3. The van der Waals surface area contributed by atoms with E-state index < -0.39 is 0 Å². The van der Waals surface area contributed by atoms with Gasteiger partial charge < -0.3 is 0 Å². The van der Waals surface area contributed by atoms with Crippen molar-refractivity contribution in [3.05, 3.63) is 41.5 Å². The van der Waals surface area contributed by atoms with Gasteiger partial charge in [0.05, 0.1) is 17.3 Å². The molecule has 5 heteroatoms. The molecule has 0 spiro atoms. The van der Waals surface area contributed by atoms with Gasteiger partial charge in [0.15, 0.2) is 0 Å². The molecule has 0 aliphatic rings. The van der Waals surface area contributed by atoms with E-state index in [-0.39, 0.29) is 11.2 Å². The zero-order valence-corrected chi connectivity index (χ0v) is 10.4. The van der Waals surface area contributed by atoms with E-state index in [1.165, 1.54) is 12.1 Å². The minimum Gasteiger partial charge on any atom is -0.220 e. The van der Waals surface area contributed by atoms with Gasteiger partial charge in [0, 0.05) is 0 Å². The molecule has 90 valence electrons. The van der Waals surface area contributed by atoms with Crippen LogP contribution in [0.5, 0.6) is 0 Å². The fraction of sp³-hybridized carbons (Fsp3) is 0.333. The molecule has 2 aromatic rings. The monoisotopic (exact) mass is 253 g/mol. The second kappa shape index (κ2) is 4.84. The summed E-state index contributed by atoms with van der Waals surface area (Å²) in [6.07, 6.45) is 2.57. The average Bonchev–Trinajstić information content (AvgIpc) is 2.77. The van der Waals surface area contributed by atoms with Gasteiger partial charge >= 0.3 is 0 Å². The summed E-state index contributed by atoms with van der Waals surface area (Å²) in [7, 11) is 0. The first-order chi connectivity index (χ1) is 8.11. The zero-order chi connectivity index (χ0) is 12.4. The van der Waals surface area contributed by atoms with Crippen LogP contribution >= 0.6 is 11.6 Å². The Hall–Kier alpha value is -1.42. The lowest BCUT2D eigenvalue weighted by atomic mass is 10.2. The van der Waals surface area contributed by atoms with E-state index in [9.17, 15) is 4.39 Å². The fourth-order valence-corrected chi connectivity index (χ4v) is 1.72. The molecular weight excluding hydrogens is 241 g/mol. The van der Waals surface area contributed by atoms with Gasteiger partial charge in [0.1, 0.15) is 11.5 Å². The lowest BCUT2D eigenvalue weighted by Crippen LogP contribution is -1.98. The molecule has 2 rings (SSSR count). The summed E-state index contributed by atoms with van der Waals surface area (Å²) in [5.74, 6) is -0.254. The van der Waals surface area contributed by atoms with E-state index in [1.807, 2.05) is 13.8 Å². The molecule has 0 saturated carbocycles. The largest absolute Gasteiger partial charge is 0.220 e. The van der Waals surface area contributed by atoms with Crippen LogP contribution in [0.3, 0.4) is 0 Å². The van der Waals surface area contributed by atoms with Crippen LogP contribution in [0.1, 0.15) is 30.0 Å². The molecule has 1 heterocycles. The molecule has 0 N–H and O–H groups in total. The molecule has 1 unspecified atom stereocenters. The molecule has 0 saturated heterocycles. The van der Waals surface area contributed by atoms with Crippen LogP contribution in [0, 0.1) is 12.7 Å². The molecule has 17 heavy (non-hydrogen) atoms. The topological polar surface area (TPSA) is 30.7 Å². The highest BCUT2D eigenvalue weighted by Gasteiger charge is 2.11. The predicted octanol–water partition coefficient (Wildman–Crippen LogP) is 3.40. The van der Waals surface area contributed by atoms with Crippen LogP contribution in [0.4, 0.5) is 4.39 Å². The molecule has 1 aromatic carbocycles. The van der Waals surface area contributed by atoms with Crippen molar-refractivity contribution < 1.29 is 4.39 Å². The Kier molecular flexibility index (Phi) is 3.43. The van der Waals surface area contributed by atoms with E-state index in [4.69, 9.17) is 11.6 Å². The van der Waals surface area contributed by atoms with Crippen molar-refractivity contribution >= 4 is 11.6 Å². The van der Waals surface area contributed by atoms with E-state index in [0.29, 0.717) is 0 Å². The second-order valence-electron chi connectivity index (χ2n) is 3.89. The summed E-state index contributed by atoms with van der Waals surface area (Å²) < 4.78 is 14.6. The normalized spacial score (nSPS) is 12.7. The Morgan fingerprint density at radius 3 is 2.88 bits per heavy atom. The van der Waals surface area contributed by atoms with Crippen molar-refractivity contribution in [2.24, 2.45) is 0 Å². The SMILES string of the molecule is CCC(Cl)c1cn(-c2ccc(F)cc2C)nn1. The van der Waals surface area contributed by atoms with E-state index in [1.54, 1.807) is 16.9 Å². The first-order valence-electron chi connectivity index (χ1n) is 5.44. The summed E-state index contributed by atoms with van der Waals surface area (Å²) in [5, 5.41) is 7.89. The second-order valence-corrected chi connectivity index (χ2v) is 4.42. The highest BCUT2D eigenvalue weighted by atomic mass is 35.5. The molecule has 1 aromatic heterocycles. The molecule has 0 amide bonds. The maximum Gasteiger partial charge on any atom is 0.123 e. The minimum absolute atomic E-state index is 0.135. The van der Waals surface area contributed by atoms with Crippen molar-refractivity contribution in [2.45, 2.75) is 25.6 Å². The summed E-state index contributed by atoms with van der Waals surface area (Å²) in [5.41, 5.74) is 2.35. The lowest BCUT2D eigenvalue weighted by Gasteiger charge is -2.04. The number of hydrogen-bond acceptors (Lipinski definition) is 2. The third-order valence-corrected chi connectivity index (χ3v) is 3.13. The van der Waals surface area contributed by atoms with Crippen molar-refractivity contribution in [2.75, 3.05) is 0 Å². The van der Waals surface area contributed by atoms with Gasteiger partial charge in [0.2, 0.25) is 0 Å². The zero-order valence-electron chi connectivity index (χ0n) is 9.69. The maximum absolute atomic E-state index is 13.0. The fourth-order valence-electron chi connectivity index (χ4n) is 1.62. The molecular formula is C12H13ClFN3. The Balaban J connectivity index is 2.37. The van der Waals surface area contributed by atoms with E-state index >= 15 is 0 Å². The van der Waals surface area contributed by atoms with Crippen LogP contribution in [-0.2, 0) is 0 Å². The first-order valence-corrected chi connectivity index (χ1v) is 5.88. The number of alkyl halides is 1. The number of rotatable bonds is 3. The van der Waals surface area contributed by atoms with E-state index in [0.717, 1.165) is 23.4 Å². The van der Waals surface area contributed by atoms with Crippen molar-refractivity contribution in [1.29, 1.82) is 0 Å². The predicted molar refractivity (Wildman–Crippen MR) is 64.9 cm³/mol. The Morgan fingerprint density at radius 2 is 2.24 bits per heavy atom. The summed E-state index contributed by atoms with van der Waals surface area (Å²) in [6.45, 7) is 3.82. The van der Waals surface area contributed by atoms with Crippen molar-refractivity contribution in [1.82, 2.24) is 15.0 Å². The Morgan fingerprint density at radius 1 is 1.47 bits per heavy atom. The maximum atomic E-state index is 13.0. The first kappa shape index (κ1) is 12.0. The Bertz CT molecular complexity index is 524. The minimum atomic E-state index is -0.254. The molecule has 3 nitrogen and oxygen atoms in total. The molecule has 0 aliphatic carbocycles. The average molecular weight is 254 g/mol. The molecule has 0 bridgehead atoms.